The first-order valence-corrected chi connectivity index (χ1v) is 7.78. The zero-order valence-electron chi connectivity index (χ0n) is 12.4. The number of hydrogen-bond donors (Lipinski definition) is 2. The molecule has 0 bridgehead atoms. The van der Waals surface area contributed by atoms with Crippen molar-refractivity contribution < 1.29 is 14.7 Å². The van der Waals surface area contributed by atoms with Gasteiger partial charge in [-0.2, -0.15) is 0 Å². The first-order chi connectivity index (χ1) is 10.0. The van der Waals surface area contributed by atoms with Crippen molar-refractivity contribution in [2.75, 3.05) is 6.54 Å². The summed E-state index contributed by atoms with van der Waals surface area (Å²) in [5.74, 6) is -0.863. The topological polar surface area (TPSA) is 71.3 Å². The van der Waals surface area contributed by atoms with Gasteiger partial charge in [0.15, 0.2) is 0 Å². The smallest absolute Gasteiger partial charge is 0.303 e. The lowest BCUT2D eigenvalue weighted by atomic mass is 10.1. The first kappa shape index (κ1) is 17.6. The Morgan fingerprint density at radius 2 is 2.00 bits per heavy atom. The van der Waals surface area contributed by atoms with Gasteiger partial charge in [-0.1, -0.05) is 31.4 Å². The summed E-state index contributed by atoms with van der Waals surface area (Å²) in [5, 5.41) is 12.0. The molecule has 118 valence electrons. The molecule has 1 amide bonds. The normalized spacial score (nSPS) is 10.6. The summed E-state index contributed by atoms with van der Waals surface area (Å²) in [6.45, 7) is 3.41. The van der Waals surface area contributed by atoms with Crippen molar-refractivity contribution in [3.63, 3.8) is 0 Å². The Kier molecular flexibility index (Phi) is 7.90. The number of halogens is 1. The minimum atomic E-state index is -0.753. The third-order valence-electron chi connectivity index (χ3n) is 3.16. The molecule has 1 rings (SSSR count). The number of rotatable bonds is 10. The Hall–Kier alpha value is -1.49. The van der Waals surface area contributed by atoms with E-state index in [1.165, 1.54) is 0 Å². The number of carboxylic acid groups (broad SMARTS) is 1. The fraction of sp³-hybridized carbons (Fsp3) is 0.600. The molecule has 0 saturated carbocycles. The van der Waals surface area contributed by atoms with Crippen LogP contribution in [0.5, 0.6) is 0 Å². The molecule has 0 aliphatic rings. The van der Waals surface area contributed by atoms with Crippen LogP contribution in [-0.4, -0.2) is 28.1 Å². The predicted octanol–water partition coefficient (Wildman–Crippen LogP) is 3.32. The number of hydrogen-bond acceptors (Lipinski definition) is 2. The molecule has 21 heavy (non-hydrogen) atoms. The van der Waals surface area contributed by atoms with Gasteiger partial charge in [-0.25, -0.2) is 0 Å². The number of aryl methyl sites for hydroxylation is 1. The van der Waals surface area contributed by atoms with E-state index in [-0.39, 0.29) is 12.3 Å². The molecular weight excluding hydrogens is 292 g/mol. The van der Waals surface area contributed by atoms with Crippen LogP contribution in [0.3, 0.4) is 0 Å². The van der Waals surface area contributed by atoms with Gasteiger partial charge in [-0.15, -0.1) is 0 Å². The predicted molar refractivity (Wildman–Crippen MR) is 82.8 cm³/mol. The maximum absolute atomic E-state index is 12.1. The van der Waals surface area contributed by atoms with E-state index in [1.807, 2.05) is 11.5 Å². The molecule has 0 aromatic carbocycles. The molecule has 0 atom stereocenters. The number of nitrogens with one attached hydrogen (secondary N) is 1. The van der Waals surface area contributed by atoms with Crippen molar-refractivity contribution in [1.82, 2.24) is 9.88 Å². The van der Waals surface area contributed by atoms with Gasteiger partial charge in [-0.05, 0) is 25.3 Å². The minimum Gasteiger partial charge on any atom is -0.481 e. The van der Waals surface area contributed by atoms with Crippen molar-refractivity contribution in [2.45, 2.75) is 52.0 Å². The standard InChI is InChI=1S/C15H23ClN2O3/c1-2-9-18-11-12(16)10-13(18)15(21)17-8-6-4-3-5-7-14(19)20/h10-11H,2-9H2,1H3,(H,17,21)(H,19,20). The summed E-state index contributed by atoms with van der Waals surface area (Å²) in [6.07, 6.45) is 6.27. The minimum absolute atomic E-state index is 0.110. The summed E-state index contributed by atoms with van der Waals surface area (Å²) in [4.78, 5) is 22.4. The maximum atomic E-state index is 12.1. The zero-order chi connectivity index (χ0) is 15.7. The highest BCUT2D eigenvalue weighted by molar-refractivity contribution is 6.31. The van der Waals surface area contributed by atoms with Crippen LogP contribution < -0.4 is 5.32 Å². The van der Waals surface area contributed by atoms with Gasteiger partial charge in [0.25, 0.3) is 5.91 Å². The average Bonchev–Trinajstić information content (AvgIpc) is 2.78. The number of unbranched alkanes of at least 4 members (excludes halogenated alkanes) is 3. The molecule has 0 spiro atoms. The number of nitrogens with zero attached hydrogens (tertiary/aromatic N) is 1. The quantitative estimate of drug-likeness (QED) is 0.651. The molecule has 0 radical (unpaired) electrons. The van der Waals surface area contributed by atoms with Gasteiger partial charge in [0.1, 0.15) is 5.69 Å². The van der Waals surface area contributed by atoms with Crippen LogP contribution in [0.2, 0.25) is 5.02 Å². The molecule has 6 heteroatoms. The summed E-state index contributed by atoms with van der Waals surface area (Å²) in [5.41, 5.74) is 0.590. The van der Waals surface area contributed by atoms with E-state index in [2.05, 4.69) is 5.32 Å². The molecule has 1 heterocycles. The molecule has 1 aromatic rings. The third-order valence-corrected chi connectivity index (χ3v) is 3.37. The van der Waals surface area contributed by atoms with E-state index in [0.717, 1.165) is 32.2 Å². The Balaban J connectivity index is 2.26. The number of carboxylic acids is 1. The second kappa shape index (κ2) is 9.45. The molecule has 0 aliphatic carbocycles. The molecule has 1 aromatic heterocycles. The van der Waals surface area contributed by atoms with Gasteiger partial charge >= 0.3 is 5.97 Å². The molecule has 0 saturated heterocycles. The van der Waals surface area contributed by atoms with E-state index in [0.29, 0.717) is 23.7 Å². The zero-order valence-corrected chi connectivity index (χ0v) is 13.2. The van der Waals surface area contributed by atoms with Crippen molar-refractivity contribution in [2.24, 2.45) is 0 Å². The highest BCUT2D eigenvalue weighted by Crippen LogP contribution is 2.14. The summed E-state index contributed by atoms with van der Waals surface area (Å²) in [6, 6.07) is 1.68. The maximum Gasteiger partial charge on any atom is 0.303 e. The highest BCUT2D eigenvalue weighted by Gasteiger charge is 2.12. The first-order valence-electron chi connectivity index (χ1n) is 7.40. The molecule has 0 fully saturated rings. The molecule has 2 N–H and O–H groups in total. The van der Waals surface area contributed by atoms with E-state index in [4.69, 9.17) is 16.7 Å². The molecule has 0 unspecified atom stereocenters. The van der Waals surface area contributed by atoms with Crippen LogP contribution in [-0.2, 0) is 11.3 Å². The van der Waals surface area contributed by atoms with Crippen LogP contribution in [0.25, 0.3) is 0 Å². The van der Waals surface area contributed by atoms with E-state index >= 15 is 0 Å². The molecule has 0 aliphatic heterocycles. The van der Waals surface area contributed by atoms with E-state index < -0.39 is 5.97 Å². The largest absolute Gasteiger partial charge is 0.481 e. The lowest BCUT2D eigenvalue weighted by Crippen LogP contribution is -2.26. The number of amides is 1. The van der Waals surface area contributed by atoms with Crippen molar-refractivity contribution in [1.29, 1.82) is 0 Å². The van der Waals surface area contributed by atoms with Gasteiger partial charge < -0.3 is 15.0 Å². The van der Waals surface area contributed by atoms with Gasteiger partial charge in [0.05, 0.1) is 5.02 Å². The van der Waals surface area contributed by atoms with Crippen LogP contribution in [0, 0.1) is 0 Å². The lowest BCUT2D eigenvalue weighted by molar-refractivity contribution is -0.137. The SMILES string of the molecule is CCCn1cc(Cl)cc1C(=O)NCCCCCCC(=O)O. The van der Waals surface area contributed by atoms with E-state index in [9.17, 15) is 9.59 Å². The second-order valence-corrected chi connectivity index (χ2v) is 5.49. The number of aromatic nitrogens is 1. The molecule has 5 nitrogen and oxygen atoms in total. The Labute approximate surface area is 130 Å². The Morgan fingerprint density at radius 1 is 1.29 bits per heavy atom. The fourth-order valence-corrected chi connectivity index (χ4v) is 2.36. The van der Waals surface area contributed by atoms with Crippen molar-refractivity contribution in [3.8, 4) is 0 Å². The summed E-state index contributed by atoms with van der Waals surface area (Å²) < 4.78 is 1.87. The van der Waals surface area contributed by atoms with Crippen LogP contribution in [0.15, 0.2) is 12.3 Å². The van der Waals surface area contributed by atoms with Crippen molar-refractivity contribution in [3.05, 3.63) is 23.0 Å². The van der Waals surface area contributed by atoms with Crippen molar-refractivity contribution >= 4 is 23.5 Å². The number of aliphatic carboxylic acids is 1. The highest BCUT2D eigenvalue weighted by atomic mass is 35.5. The fourth-order valence-electron chi connectivity index (χ4n) is 2.14. The number of carbonyl (C=O) groups excluding carboxylic acids is 1. The van der Waals surface area contributed by atoms with E-state index in [1.54, 1.807) is 12.3 Å². The Bertz CT molecular complexity index is 471. The van der Waals surface area contributed by atoms with Crippen LogP contribution >= 0.6 is 11.6 Å². The number of carbonyl (C=O) groups is 2. The molecular formula is C15H23ClN2O3. The average molecular weight is 315 g/mol. The summed E-state index contributed by atoms with van der Waals surface area (Å²) >= 11 is 5.94. The second-order valence-electron chi connectivity index (χ2n) is 5.05. The lowest BCUT2D eigenvalue weighted by Gasteiger charge is -2.08. The van der Waals surface area contributed by atoms with Crippen LogP contribution in [0.4, 0.5) is 0 Å². The summed E-state index contributed by atoms with van der Waals surface area (Å²) in [7, 11) is 0. The van der Waals surface area contributed by atoms with Gasteiger partial charge in [0.2, 0.25) is 0 Å². The monoisotopic (exact) mass is 314 g/mol. The van der Waals surface area contributed by atoms with Gasteiger partial charge in [-0.3, -0.25) is 9.59 Å². The van der Waals surface area contributed by atoms with Crippen LogP contribution in [0.1, 0.15) is 55.9 Å². The van der Waals surface area contributed by atoms with Gasteiger partial charge in [0, 0.05) is 25.7 Å². The Morgan fingerprint density at radius 3 is 2.67 bits per heavy atom. The third kappa shape index (κ3) is 6.67.